The minimum Gasteiger partial charge on any atom is -0.331 e. The fourth-order valence-electron chi connectivity index (χ4n) is 2.39. The first-order valence-electron chi connectivity index (χ1n) is 6.49. The van der Waals surface area contributed by atoms with E-state index in [1.165, 1.54) is 5.56 Å². The summed E-state index contributed by atoms with van der Waals surface area (Å²) in [5.74, 6) is 0. The van der Waals surface area contributed by atoms with Crippen molar-refractivity contribution in [3.63, 3.8) is 0 Å². The van der Waals surface area contributed by atoms with Crippen molar-refractivity contribution in [3.05, 3.63) is 40.4 Å². The number of fused-ring (bicyclic) bond motifs is 1. The van der Waals surface area contributed by atoms with Crippen LogP contribution in [0.25, 0.3) is 0 Å². The molecule has 0 aliphatic heterocycles. The van der Waals surface area contributed by atoms with Crippen molar-refractivity contribution in [2.24, 2.45) is 0 Å². The van der Waals surface area contributed by atoms with E-state index in [-0.39, 0.29) is 11.2 Å². The van der Waals surface area contributed by atoms with Crippen LogP contribution in [0.2, 0.25) is 0 Å². The highest BCUT2D eigenvalue weighted by molar-refractivity contribution is 7.15. The Hall–Kier alpha value is -2.16. The number of anilines is 1. The number of aryl methyl sites for hydroxylation is 1. The highest BCUT2D eigenvalue weighted by Crippen LogP contribution is 2.33. The largest absolute Gasteiger partial charge is 0.445 e. The molecule has 2 aromatic rings. The second kappa shape index (κ2) is 5.56. The molecule has 9 heteroatoms. The maximum absolute atomic E-state index is 12.4. The molecule has 1 aliphatic rings. The van der Waals surface area contributed by atoms with Crippen molar-refractivity contribution < 1.29 is 18.0 Å². The standard InChI is InChI=1S/C13H11F3N4OS/c14-13(15,16)10-19-20-12(22-10)18-11(21)17-9-6-5-7-3-1-2-4-8(7)9/h1-4,9H,5-6H2,(H2,17,18,20,21). The average Bonchev–Trinajstić information content (AvgIpc) is 3.06. The molecule has 1 aromatic carbocycles. The molecule has 1 aliphatic carbocycles. The summed E-state index contributed by atoms with van der Waals surface area (Å²) >= 11 is 0.293. The summed E-state index contributed by atoms with van der Waals surface area (Å²) in [5.41, 5.74) is 2.20. The Balaban J connectivity index is 1.63. The summed E-state index contributed by atoms with van der Waals surface area (Å²) < 4.78 is 37.2. The van der Waals surface area contributed by atoms with E-state index in [0.29, 0.717) is 11.3 Å². The molecule has 2 amide bonds. The highest BCUT2D eigenvalue weighted by atomic mass is 32.1. The Labute approximate surface area is 127 Å². The zero-order chi connectivity index (χ0) is 15.7. The Bertz CT molecular complexity index is 701. The number of nitrogens with one attached hydrogen (secondary N) is 2. The SMILES string of the molecule is O=C(Nc1nnc(C(F)(F)F)s1)NC1CCc2ccccc21. The lowest BCUT2D eigenvalue weighted by atomic mass is 10.1. The molecule has 0 bridgehead atoms. The summed E-state index contributed by atoms with van der Waals surface area (Å²) in [6, 6.07) is 7.01. The van der Waals surface area contributed by atoms with Gasteiger partial charge in [-0.15, -0.1) is 10.2 Å². The first-order valence-corrected chi connectivity index (χ1v) is 7.31. The van der Waals surface area contributed by atoms with Crippen LogP contribution < -0.4 is 10.6 Å². The first kappa shape index (κ1) is 14.8. The highest BCUT2D eigenvalue weighted by Gasteiger charge is 2.36. The summed E-state index contributed by atoms with van der Waals surface area (Å²) in [7, 11) is 0. The molecule has 0 fully saturated rings. The van der Waals surface area contributed by atoms with Gasteiger partial charge >= 0.3 is 12.2 Å². The van der Waals surface area contributed by atoms with E-state index in [1.54, 1.807) is 0 Å². The number of amides is 2. The molecule has 1 heterocycles. The zero-order valence-electron chi connectivity index (χ0n) is 11.1. The van der Waals surface area contributed by atoms with Crippen LogP contribution in [-0.4, -0.2) is 16.2 Å². The Morgan fingerprint density at radius 1 is 1.27 bits per heavy atom. The van der Waals surface area contributed by atoms with Crippen LogP contribution in [0, 0.1) is 0 Å². The molecule has 22 heavy (non-hydrogen) atoms. The minimum atomic E-state index is -4.56. The molecule has 0 saturated heterocycles. The molecular formula is C13H11F3N4OS. The quantitative estimate of drug-likeness (QED) is 0.888. The van der Waals surface area contributed by atoms with Gasteiger partial charge in [-0.1, -0.05) is 35.6 Å². The second-order valence-corrected chi connectivity index (χ2v) is 5.78. The van der Waals surface area contributed by atoms with E-state index in [0.717, 1.165) is 18.4 Å². The van der Waals surface area contributed by atoms with E-state index < -0.39 is 17.2 Å². The van der Waals surface area contributed by atoms with Gasteiger partial charge in [0.2, 0.25) is 10.1 Å². The van der Waals surface area contributed by atoms with Crippen LogP contribution in [0.15, 0.2) is 24.3 Å². The summed E-state index contributed by atoms with van der Waals surface area (Å²) in [6.07, 6.45) is -2.94. The predicted octanol–water partition coefficient (Wildman–Crippen LogP) is 3.37. The van der Waals surface area contributed by atoms with Crippen LogP contribution in [0.5, 0.6) is 0 Å². The molecule has 0 saturated carbocycles. The number of benzene rings is 1. The smallest absolute Gasteiger partial charge is 0.331 e. The fourth-order valence-corrected chi connectivity index (χ4v) is 2.99. The Morgan fingerprint density at radius 3 is 2.77 bits per heavy atom. The van der Waals surface area contributed by atoms with Crippen molar-refractivity contribution in [1.29, 1.82) is 0 Å². The van der Waals surface area contributed by atoms with Crippen LogP contribution >= 0.6 is 11.3 Å². The molecule has 116 valence electrons. The topological polar surface area (TPSA) is 66.9 Å². The average molecular weight is 328 g/mol. The van der Waals surface area contributed by atoms with Crippen LogP contribution in [0.3, 0.4) is 0 Å². The Morgan fingerprint density at radius 2 is 2.05 bits per heavy atom. The van der Waals surface area contributed by atoms with E-state index in [2.05, 4.69) is 20.8 Å². The van der Waals surface area contributed by atoms with Gasteiger partial charge in [0.1, 0.15) is 0 Å². The van der Waals surface area contributed by atoms with Crippen LogP contribution in [0.1, 0.15) is 28.6 Å². The zero-order valence-corrected chi connectivity index (χ0v) is 12.0. The lowest BCUT2D eigenvalue weighted by molar-refractivity contribution is -0.138. The fraction of sp³-hybridized carbons (Fsp3) is 0.308. The number of aromatic nitrogens is 2. The van der Waals surface area contributed by atoms with E-state index in [9.17, 15) is 18.0 Å². The summed E-state index contributed by atoms with van der Waals surface area (Å²) in [6.45, 7) is 0. The monoisotopic (exact) mass is 328 g/mol. The van der Waals surface area contributed by atoms with Gasteiger partial charge in [0.25, 0.3) is 0 Å². The normalized spacial score (nSPS) is 17.1. The molecule has 1 unspecified atom stereocenters. The first-order chi connectivity index (χ1) is 10.4. The van der Waals surface area contributed by atoms with Crippen molar-refractivity contribution in [3.8, 4) is 0 Å². The maximum Gasteiger partial charge on any atom is 0.445 e. The van der Waals surface area contributed by atoms with Crippen LogP contribution in [0.4, 0.5) is 23.1 Å². The molecule has 5 nitrogen and oxygen atoms in total. The summed E-state index contributed by atoms with van der Waals surface area (Å²) in [5, 5.41) is 10.1. The number of carbonyl (C=O) groups excluding carboxylic acids is 1. The van der Waals surface area contributed by atoms with Crippen molar-refractivity contribution in [1.82, 2.24) is 15.5 Å². The number of rotatable bonds is 2. The molecule has 0 radical (unpaired) electrons. The van der Waals surface area contributed by atoms with Crippen molar-refractivity contribution in [2.45, 2.75) is 25.1 Å². The van der Waals surface area contributed by atoms with E-state index in [4.69, 9.17) is 0 Å². The van der Waals surface area contributed by atoms with E-state index >= 15 is 0 Å². The van der Waals surface area contributed by atoms with Gasteiger partial charge in [-0.25, -0.2) is 4.79 Å². The summed E-state index contributed by atoms with van der Waals surface area (Å²) in [4.78, 5) is 11.9. The van der Waals surface area contributed by atoms with Gasteiger partial charge in [0.15, 0.2) is 0 Å². The molecule has 3 rings (SSSR count). The van der Waals surface area contributed by atoms with Gasteiger partial charge < -0.3 is 5.32 Å². The third kappa shape index (κ3) is 3.03. The molecule has 1 aromatic heterocycles. The molecule has 0 spiro atoms. The van der Waals surface area contributed by atoms with Crippen molar-refractivity contribution >= 4 is 22.5 Å². The van der Waals surface area contributed by atoms with Crippen molar-refractivity contribution in [2.75, 3.05) is 5.32 Å². The Kier molecular flexibility index (Phi) is 3.73. The number of hydrogen-bond donors (Lipinski definition) is 2. The number of halogens is 3. The minimum absolute atomic E-state index is 0.147. The predicted molar refractivity (Wildman–Crippen MR) is 74.6 cm³/mol. The van der Waals surface area contributed by atoms with Gasteiger partial charge in [-0.2, -0.15) is 13.2 Å². The van der Waals surface area contributed by atoms with Gasteiger partial charge in [0.05, 0.1) is 6.04 Å². The van der Waals surface area contributed by atoms with E-state index in [1.807, 2.05) is 24.3 Å². The van der Waals surface area contributed by atoms with Crippen LogP contribution in [-0.2, 0) is 12.6 Å². The van der Waals surface area contributed by atoms with Gasteiger partial charge in [-0.05, 0) is 24.0 Å². The molecule has 1 atom stereocenters. The maximum atomic E-state index is 12.4. The number of hydrogen-bond acceptors (Lipinski definition) is 4. The third-order valence-electron chi connectivity index (χ3n) is 3.33. The lowest BCUT2D eigenvalue weighted by Crippen LogP contribution is -2.31. The second-order valence-electron chi connectivity index (χ2n) is 4.80. The van der Waals surface area contributed by atoms with Gasteiger partial charge in [0, 0.05) is 0 Å². The van der Waals surface area contributed by atoms with Gasteiger partial charge in [-0.3, -0.25) is 5.32 Å². The number of alkyl halides is 3. The number of nitrogens with zero attached hydrogens (tertiary/aromatic N) is 2. The number of urea groups is 1. The molecule has 2 N–H and O–H groups in total. The number of carbonyl (C=O) groups is 1. The lowest BCUT2D eigenvalue weighted by Gasteiger charge is -2.13. The third-order valence-corrected chi connectivity index (χ3v) is 4.21. The molecular weight excluding hydrogens is 317 g/mol.